The van der Waals surface area contributed by atoms with Gasteiger partial charge >= 0.3 is 0 Å². The van der Waals surface area contributed by atoms with Crippen molar-refractivity contribution in [1.82, 2.24) is 9.78 Å². The van der Waals surface area contributed by atoms with Crippen molar-refractivity contribution in [2.24, 2.45) is 0 Å². The highest BCUT2D eigenvalue weighted by Gasteiger charge is 2.13. The number of benzene rings is 2. The third-order valence-electron chi connectivity index (χ3n) is 3.76. The molecule has 25 heavy (non-hydrogen) atoms. The van der Waals surface area contributed by atoms with Gasteiger partial charge in [-0.1, -0.05) is 12.1 Å². The molecule has 0 aliphatic carbocycles. The van der Waals surface area contributed by atoms with E-state index in [9.17, 15) is 10.1 Å². The Morgan fingerprint density at radius 3 is 2.68 bits per heavy atom. The molecule has 3 aromatic rings. The summed E-state index contributed by atoms with van der Waals surface area (Å²) in [5, 5.41) is 27.2. The van der Waals surface area contributed by atoms with Crippen LogP contribution in [0.3, 0.4) is 0 Å². The molecule has 1 N–H and O–H groups in total. The van der Waals surface area contributed by atoms with Crippen LogP contribution in [0, 0.1) is 21.4 Å². The number of nitro benzene ring substituents is 1. The van der Waals surface area contributed by atoms with Crippen molar-refractivity contribution in [2.75, 3.05) is 11.9 Å². The summed E-state index contributed by atoms with van der Waals surface area (Å²) in [6.07, 6.45) is 4.30. The van der Waals surface area contributed by atoms with Gasteiger partial charge in [-0.3, -0.25) is 10.1 Å². The lowest BCUT2D eigenvalue weighted by Gasteiger charge is -2.08. The maximum atomic E-state index is 11.1. The second kappa shape index (κ2) is 7.27. The highest BCUT2D eigenvalue weighted by atomic mass is 16.6. The number of nitriles is 1. The lowest BCUT2D eigenvalue weighted by Crippen LogP contribution is -2.07. The third kappa shape index (κ3) is 3.82. The molecule has 0 saturated carbocycles. The van der Waals surface area contributed by atoms with Crippen molar-refractivity contribution < 1.29 is 4.92 Å². The smallest absolute Gasteiger partial charge is 0.292 e. The Labute approximate surface area is 144 Å². The van der Waals surface area contributed by atoms with E-state index in [2.05, 4.69) is 10.4 Å². The van der Waals surface area contributed by atoms with Crippen LogP contribution in [0.25, 0.3) is 5.69 Å². The van der Waals surface area contributed by atoms with Crippen molar-refractivity contribution in [3.8, 4) is 11.8 Å². The molecule has 0 amide bonds. The molecule has 124 valence electrons. The Bertz CT molecular complexity index is 912. The lowest BCUT2D eigenvalue weighted by molar-refractivity contribution is -0.384. The molecule has 1 heterocycles. The van der Waals surface area contributed by atoms with Gasteiger partial charge in [0.25, 0.3) is 5.69 Å². The first-order valence-electron chi connectivity index (χ1n) is 7.69. The molecule has 1 aromatic heterocycles. The number of anilines is 1. The summed E-state index contributed by atoms with van der Waals surface area (Å²) in [6, 6.07) is 16.1. The summed E-state index contributed by atoms with van der Waals surface area (Å²) in [6.45, 7) is 0.525. The van der Waals surface area contributed by atoms with Crippen LogP contribution in [0.4, 0.5) is 11.4 Å². The predicted octanol–water partition coefficient (Wildman–Crippen LogP) is 3.31. The van der Waals surface area contributed by atoms with Gasteiger partial charge in [0.1, 0.15) is 5.69 Å². The first-order chi connectivity index (χ1) is 12.2. The molecule has 0 aliphatic rings. The summed E-state index contributed by atoms with van der Waals surface area (Å²) in [4.78, 5) is 10.6. The fourth-order valence-electron chi connectivity index (χ4n) is 2.48. The fraction of sp³-hybridized carbons (Fsp3) is 0.111. The Morgan fingerprint density at radius 2 is 2.04 bits per heavy atom. The third-order valence-corrected chi connectivity index (χ3v) is 3.76. The highest BCUT2D eigenvalue weighted by Crippen LogP contribution is 2.25. The van der Waals surface area contributed by atoms with Crippen molar-refractivity contribution in [2.45, 2.75) is 6.42 Å². The lowest BCUT2D eigenvalue weighted by atomic mass is 10.1. The number of nitro groups is 1. The molecule has 3 rings (SSSR count). The molecule has 0 radical (unpaired) electrons. The van der Waals surface area contributed by atoms with Crippen LogP contribution in [0.5, 0.6) is 0 Å². The normalized spacial score (nSPS) is 10.2. The first kappa shape index (κ1) is 16.2. The van der Waals surface area contributed by atoms with E-state index >= 15 is 0 Å². The molecule has 0 saturated heterocycles. The van der Waals surface area contributed by atoms with E-state index in [0.717, 1.165) is 11.3 Å². The number of hydrogen-bond donors (Lipinski definition) is 1. The first-order valence-corrected chi connectivity index (χ1v) is 7.69. The van der Waals surface area contributed by atoms with Crippen LogP contribution in [-0.2, 0) is 6.42 Å². The average Bonchev–Trinajstić information content (AvgIpc) is 3.16. The summed E-state index contributed by atoms with van der Waals surface area (Å²) in [7, 11) is 0. The van der Waals surface area contributed by atoms with Crippen LogP contribution in [-0.4, -0.2) is 21.2 Å². The van der Waals surface area contributed by atoms with Gasteiger partial charge in [0.05, 0.1) is 22.2 Å². The van der Waals surface area contributed by atoms with Gasteiger partial charge in [0.2, 0.25) is 0 Å². The quantitative estimate of drug-likeness (QED) is 0.551. The number of nitrogens with one attached hydrogen (secondary N) is 1. The van der Waals surface area contributed by atoms with Gasteiger partial charge < -0.3 is 5.32 Å². The molecule has 0 aliphatic heterocycles. The minimum absolute atomic E-state index is 0.0342. The number of aromatic nitrogens is 2. The van der Waals surface area contributed by atoms with Gasteiger partial charge in [-0.2, -0.15) is 10.4 Å². The highest BCUT2D eigenvalue weighted by molar-refractivity contribution is 5.64. The molecular formula is C18H15N5O2. The summed E-state index contributed by atoms with van der Waals surface area (Å²) < 4.78 is 1.78. The molecule has 0 atom stereocenters. The SMILES string of the molecule is N#Cc1ccc([N+](=O)[O-])c(NCCc2ccc(-n3cccn3)cc2)c1. The van der Waals surface area contributed by atoms with E-state index < -0.39 is 4.92 Å². The minimum atomic E-state index is -0.456. The monoisotopic (exact) mass is 333 g/mol. The van der Waals surface area contributed by atoms with Crippen LogP contribution in [0.1, 0.15) is 11.1 Å². The fourth-order valence-corrected chi connectivity index (χ4v) is 2.48. The van der Waals surface area contributed by atoms with Gasteiger partial charge in [-0.25, -0.2) is 4.68 Å². The summed E-state index contributed by atoms with van der Waals surface area (Å²) in [5.74, 6) is 0. The molecule has 0 spiro atoms. The van der Waals surface area contributed by atoms with Gasteiger partial charge in [-0.15, -0.1) is 0 Å². The van der Waals surface area contributed by atoms with E-state index in [-0.39, 0.29) is 5.69 Å². The topological polar surface area (TPSA) is 96.8 Å². The Balaban J connectivity index is 1.65. The van der Waals surface area contributed by atoms with Crippen molar-refractivity contribution in [3.63, 3.8) is 0 Å². The van der Waals surface area contributed by atoms with Gasteiger partial charge in [0.15, 0.2) is 0 Å². The molecule has 0 bridgehead atoms. The molecule has 0 fully saturated rings. The van der Waals surface area contributed by atoms with Crippen molar-refractivity contribution in [1.29, 1.82) is 5.26 Å². The van der Waals surface area contributed by atoms with Crippen molar-refractivity contribution >= 4 is 11.4 Å². The van der Waals surface area contributed by atoms with E-state index in [0.29, 0.717) is 24.2 Å². The second-order valence-corrected chi connectivity index (χ2v) is 5.39. The van der Waals surface area contributed by atoms with Crippen molar-refractivity contribution in [3.05, 3.63) is 82.2 Å². The summed E-state index contributed by atoms with van der Waals surface area (Å²) >= 11 is 0. The predicted molar refractivity (Wildman–Crippen MR) is 93.6 cm³/mol. The maximum absolute atomic E-state index is 11.1. The van der Waals surface area contributed by atoms with Crippen LogP contribution in [0.2, 0.25) is 0 Å². The molecule has 2 aromatic carbocycles. The Kier molecular flexibility index (Phi) is 4.72. The van der Waals surface area contributed by atoms with Crippen LogP contribution in [0.15, 0.2) is 60.9 Å². The van der Waals surface area contributed by atoms with Gasteiger partial charge in [0, 0.05) is 25.0 Å². The van der Waals surface area contributed by atoms with E-state index in [1.54, 1.807) is 10.9 Å². The molecule has 0 unspecified atom stereocenters. The Hall–Kier alpha value is -3.66. The summed E-state index contributed by atoms with van der Waals surface area (Å²) in [5.41, 5.74) is 2.78. The van der Waals surface area contributed by atoms with E-state index in [4.69, 9.17) is 5.26 Å². The average molecular weight is 333 g/mol. The number of nitrogens with zero attached hydrogens (tertiary/aromatic N) is 4. The molecular weight excluding hydrogens is 318 g/mol. The maximum Gasteiger partial charge on any atom is 0.292 e. The second-order valence-electron chi connectivity index (χ2n) is 5.39. The van der Waals surface area contributed by atoms with Crippen LogP contribution >= 0.6 is 0 Å². The largest absolute Gasteiger partial charge is 0.379 e. The van der Waals surface area contributed by atoms with E-state index in [1.165, 1.54) is 18.2 Å². The standard InChI is InChI=1S/C18H15N5O2/c19-13-15-4-7-18(23(24)25)17(12-15)20-10-8-14-2-5-16(6-3-14)22-11-1-9-21-22/h1-7,9,11-12,20H,8,10H2. The molecule has 7 heteroatoms. The van der Waals surface area contributed by atoms with Gasteiger partial charge in [-0.05, 0) is 42.3 Å². The number of hydrogen-bond acceptors (Lipinski definition) is 5. The van der Waals surface area contributed by atoms with E-state index in [1.807, 2.05) is 42.6 Å². The number of rotatable bonds is 6. The molecule has 7 nitrogen and oxygen atoms in total. The zero-order valence-corrected chi connectivity index (χ0v) is 13.3. The Morgan fingerprint density at radius 1 is 1.24 bits per heavy atom. The van der Waals surface area contributed by atoms with Crippen LogP contribution < -0.4 is 5.32 Å². The zero-order chi connectivity index (χ0) is 17.6. The minimum Gasteiger partial charge on any atom is -0.379 e. The zero-order valence-electron chi connectivity index (χ0n) is 13.3.